The third kappa shape index (κ3) is 4.45. The SMILES string of the molecule is CCC1NC(=O)CN(CCSC(F)(F)F)C1=O. The maximum Gasteiger partial charge on any atom is 0.441 e. The van der Waals surface area contributed by atoms with E-state index in [1.807, 2.05) is 0 Å². The number of hydrogen-bond donors (Lipinski definition) is 1. The van der Waals surface area contributed by atoms with Crippen LogP contribution in [-0.2, 0) is 9.59 Å². The Morgan fingerprint density at radius 3 is 2.65 bits per heavy atom. The zero-order valence-corrected chi connectivity index (χ0v) is 10.0. The summed E-state index contributed by atoms with van der Waals surface area (Å²) in [7, 11) is 0. The lowest BCUT2D eigenvalue weighted by Gasteiger charge is -2.32. The van der Waals surface area contributed by atoms with Crippen molar-refractivity contribution in [3.8, 4) is 0 Å². The van der Waals surface area contributed by atoms with E-state index in [2.05, 4.69) is 5.32 Å². The van der Waals surface area contributed by atoms with Gasteiger partial charge in [-0.25, -0.2) is 0 Å². The molecule has 98 valence electrons. The molecule has 8 heteroatoms. The molecule has 0 aromatic heterocycles. The lowest BCUT2D eigenvalue weighted by molar-refractivity contribution is -0.144. The van der Waals surface area contributed by atoms with Gasteiger partial charge in [-0.3, -0.25) is 9.59 Å². The number of amides is 2. The molecule has 17 heavy (non-hydrogen) atoms. The average Bonchev–Trinajstić information content (AvgIpc) is 2.20. The molecule has 1 heterocycles. The van der Waals surface area contributed by atoms with Crippen molar-refractivity contribution in [3.05, 3.63) is 0 Å². The number of piperazine rings is 1. The molecule has 1 aliphatic heterocycles. The Bertz CT molecular complexity index is 309. The summed E-state index contributed by atoms with van der Waals surface area (Å²) < 4.78 is 35.7. The van der Waals surface area contributed by atoms with Crippen molar-refractivity contribution in [2.75, 3.05) is 18.8 Å². The van der Waals surface area contributed by atoms with E-state index in [0.29, 0.717) is 6.42 Å². The zero-order valence-electron chi connectivity index (χ0n) is 9.21. The molecule has 0 bridgehead atoms. The van der Waals surface area contributed by atoms with E-state index in [1.54, 1.807) is 6.92 Å². The molecule has 1 N–H and O–H groups in total. The number of halogens is 3. The number of hydrogen-bond acceptors (Lipinski definition) is 3. The van der Waals surface area contributed by atoms with Crippen molar-refractivity contribution in [2.45, 2.75) is 24.9 Å². The van der Waals surface area contributed by atoms with Gasteiger partial charge in [-0.05, 0) is 18.2 Å². The van der Waals surface area contributed by atoms with Crippen molar-refractivity contribution in [1.29, 1.82) is 0 Å². The van der Waals surface area contributed by atoms with Gasteiger partial charge in [-0.15, -0.1) is 0 Å². The Labute approximate surface area is 101 Å². The van der Waals surface area contributed by atoms with Crippen LogP contribution in [0.4, 0.5) is 13.2 Å². The summed E-state index contributed by atoms with van der Waals surface area (Å²) in [5.41, 5.74) is -4.30. The second-order valence-corrected chi connectivity index (χ2v) is 4.74. The van der Waals surface area contributed by atoms with Crippen LogP contribution in [0.5, 0.6) is 0 Å². The van der Waals surface area contributed by atoms with Gasteiger partial charge >= 0.3 is 5.51 Å². The average molecular weight is 270 g/mol. The van der Waals surface area contributed by atoms with Gasteiger partial charge in [-0.1, -0.05) is 6.92 Å². The van der Waals surface area contributed by atoms with Crippen molar-refractivity contribution in [1.82, 2.24) is 10.2 Å². The topological polar surface area (TPSA) is 49.4 Å². The fraction of sp³-hybridized carbons (Fsp3) is 0.778. The quantitative estimate of drug-likeness (QED) is 0.828. The summed E-state index contributed by atoms with van der Waals surface area (Å²) >= 11 is -0.186. The maximum absolute atomic E-state index is 11.9. The summed E-state index contributed by atoms with van der Waals surface area (Å²) in [6, 6.07) is -0.605. The first-order valence-electron chi connectivity index (χ1n) is 5.12. The van der Waals surface area contributed by atoms with E-state index in [0.717, 1.165) is 0 Å². The van der Waals surface area contributed by atoms with Crippen molar-refractivity contribution >= 4 is 23.6 Å². The molecule has 4 nitrogen and oxygen atoms in total. The Hall–Kier alpha value is -0.920. The first-order valence-corrected chi connectivity index (χ1v) is 6.11. The number of nitrogens with zero attached hydrogens (tertiary/aromatic N) is 1. The molecule has 1 rings (SSSR count). The zero-order chi connectivity index (χ0) is 13.1. The molecule has 1 atom stereocenters. The highest BCUT2D eigenvalue weighted by molar-refractivity contribution is 8.00. The van der Waals surface area contributed by atoms with E-state index in [-0.39, 0.29) is 42.4 Å². The maximum atomic E-state index is 11.9. The molecule has 1 unspecified atom stereocenters. The van der Waals surface area contributed by atoms with Crippen LogP contribution in [0.3, 0.4) is 0 Å². The van der Waals surface area contributed by atoms with Crippen LogP contribution in [0, 0.1) is 0 Å². The van der Waals surface area contributed by atoms with Gasteiger partial charge < -0.3 is 10.2 Å². The highest BCUT2D eigenvalue weighted by atomic mass is 32.2. The van der Waals surface area contributed by atoms with Crippen LogP contribution < -0.4 is 5.32 Å². The number of nitrogens with one attached hydrogen (secondary N) is 1. The third-order valence-corrected chi connectivity index (χ3v) is 3.03. The summed E-state index contributed by atoms with van der Waals surface area (Å²) in [4.78, 5) is 24.1. The molecule has 2 amide bonds. The predicted molar refractivity (Wildman–Crippen MR) is 57.3 cm³/mol. The van der Waals surface area contributed by atoms with Crippen LogP contribution in [0.15, 0.2) is 0 Å². The van der Waals surface area contributed by atoms with Crippen LogP contribution in [0.2, 0.25) is 0 Å². The lowest BCUT2D eigenvalue weighted by Crippen LogP contribution is -2.58. The monoisotopic (exact) mass is 270 g/mol. The minimum absolute atomic E-state index is 0.0626. The fourth-order valence-corrected chi connectivity index (χ4v) is 2.05. The molecule has 0 spiro atoms. The molecule has 0 aromatic rings. The van der Waals surface area contributed by atoms with Crippen LogP contribution in [-0.4, -0.2) is 47.1 Å². The van der Waals surface area contributed by atoms with Crippen LogP contribution >= 0.6 is 11.8 Å². The van der Waals surface area contributed by atoms with Crippen LogP contribution in [0.25, 0.3) is 0 Å². The molecule has 1 saturated heterocycles. The molecule has 0 aromatic carbocycles. The molecular weight excluding hydrogens is 257 g/mol. The number of carbonyl (C=O) groups excluding carboxylic acids is 2. The lowest BCUT2D eigenvalue weighted by atomic mass is 10.1. The predicted octanol–water partition coefficient (Wildman–Crippen LogP) is 0.976. The van der Waals surface area contributed by atoms with Gasteiger partial charge in [-0.2, -0.15) is 13.2 Å². The Morgan fingerprint density at radius 1 is 1.47 bits per heavy atom. The summed E-state index contributed by atoms with van der Waals surface area (Å²) in [6.07, 6.45) is 0.438. The second-order valence-electron chi connectivity index (χ2n) is 3.58. The number of carbonyl (C=O) groups is 2. The molecule has 1 fully saturated rings. The van der Waals surface area contributed by atoms with Gasteiger partial charge in [0.15, 0.2) is 0 Å². The first-order chi connectivity index (χ1) is 7.83. The minimum atomic E-state index is -4.30. The van der Waals surface area contributed by atoms with E-state index < -0.39 is 11.6 Å². The van der Waals surface area contributed by atoms with Gasteiger partial charge in [0.2, 0.25) is 11.8 Å². The summed E-state index contributed by atoms with van der Waals surface area (Å²) in [5, 5.41) is 2.49. The van der Waals surface area contributed by atoms with Crippen molar-refractivity contribution in [2.24, 2.45) is 0 Å². The molecular formula is C9H13F3N2O2S. The number of alkyl halides is 3. The third-order valence-electron chi connectivity index (χ3n) is 2.31. The molecule has 0 aliphatic carbocycles. The molecule has 0 saturated carbocycles. The Morgan fingerprint density at radius 2 is 2.12 bits per heavy atom. The largest absolute Gasteiger partial charge is 0.441 e. The van der Waals surface area contributed by atoms with Crippen molar-refractivity contribution < 1.29 is 22.8 Å². The van der Waals surface area contributed by atoms with E-state index >= 15 is 0 Å². The standard InChI is InChI=1S/C9H13F3N2O2S/c1-2-6-8(16)14(5-7(15)13-6)3-4-17-9(10,11)12/h6H,2-5H2,1H3,(H,13,15). The van der Waals surface area contributed by atoms with Gasteiger partial charge in [0.05, 0.1) is 6.54 Å². The summed E-state index contributed by atoms with van der Waals surface area (Å²) in [5.74, 6) is -0.887. The normalized spacial score (nSPS) is 21.6. The Kier molecular flexibility index (Phi) is 4.67. The molecule has 1 aliphatic rings. The number of thioether (sulfide) groups is 1. The molecule has 0 radical (unpaired) electrons. The second kappa shape index (κ2) is 5.61. The highest BCUT2D eigenvalue weighted by Crippen LogP contribution is 2.29. The minimum Gasteiger partial charge on any atom is -0.343 e. The fourth-order valence-electron chi connectivity index (χ4n) is 1.51. The first kappa shape index (κ1) is 14.1. The van der Waals surface area contributed by atoms with E-state index in [1.165, 1.54) is 4.90 Å². The van der Waals surface area contributed by atoms with Crippen molar-refractivity contribution in [3.63, 3.8) is 0 Å². The highest BCUT2D eigenvalue weighted by Gasteiger charge is 2.33. The number of rotatable bonds is 4. The summed E-state index contributed by atoms with van der Waals surface area (Å²) in [6.45, 7) is 1.51. The smallest absolute Gasteiger partial charge is 0.343 e. The van der Waals surface area contributed by atoms with E-state index in [9.17, 15) is 22.8 Å². The van der Waals surface area contributed by atoms with Gasteiger partial charge in [0.1, 0.15) is 6.04 Å². The Balaban J connectivity index is 2.46. The van der Waals surface area contributed by atoms with Crippen LogP contribution in [0.1, 0.15) is 13.3 Å². The van der Waals surface area contributed by atoms with Gasteiger partial charge in [0, 0.05) is 12.3 Å². The van der Waals surface area contributed by atoms with E-state index in [4.69, 9.17) is 0 Å². The van der Waals surface area contributed by atoms with Gasteiger partial charge in [0.25, 0.3) is 0 Å².